The van der Waals surface area contributed by atoms with Crippen LogP contribution in [0.5, 0.6) is 0 Å². The van der Waals surface area contributed by atoms with E-state index in [0.717, 1.165) is 46.6 Å². The number of hydrogen-bond acceptors (Lipinski definition) is 0. The quantitative estimate of drug-likeness (QED) is 0.180. The summed E-state index contributed by atoms with van der Waals surface area (Å²) in [6, 6.07) is 22.0. The van der Waals surface area contributed by atoms with Crippen LogP contribution in [0.3, 0.4) is 0 Å². The largest absolute Gasteiger partial charge is 0.207 e. The van der Waals surface area contributed by atoms with E-state index in [1.165, 1.54) is 62.8 Å². The van der Waals surface area contributed by atoms with Crippen molar-refractivity contribution in [1.82, 2.24) is 0 Å². The van der Waals surface area contributed by atoms with Gasteiger partial charge in [-0.3, -0.25) is 0 Å². The van der Waals surface area contributed by atoms with Gasteiger partial charge in [-0.25, -0.2) is 17.6 Å². The number of benzene rings is 4. The average Bonchev–Trinajstić information content (AvgIpc) is 3.20. The molecule has 4 aromatic rings. The van der Waals surface area contributed by atoms with E-state index in [-0.39, 0.29) is 33.9 Å². The van der Waals surface area contributed by atoms with E-state index < -0.39 is 11.6 Å². The first kappa shape index (κ1) is 57.6. The molecule has 0 atom stereocenters. The predicted octanol–water partition coefficient (Wildman–Crippen LogP) is 18.9. The summed E-state index contributed by atoms with van der Waals surface area (Å²) >= 11 is 0. The Bertz CT molecular complexity index is 1620. The zero-order valence-corrected chi connectivity index (χ0v) is 37.8. The molecule has 3 aliphatic carbocycles. The molecule has 0 heterocycles. The molecule has 3 aliphatic rings. The van der Waals surface area contributed by atoms with Gasteiger partial charge in [0, 0.05) is 0 Å². The molecule has 344 valence electrons. The fourth-order valence-corrected chi connectivity index (χ4v) is 8.55. The standard InChI is InChI=1S/C22H40.C8H8F2.2C8H9F.C8H10.3CH4/c1-17-3-7-19(8-4-17)15-21-11-13-22(14-12-21)16-20-9-5-18(2)6-10-20;1-5-3-4-6(2)8(10)7(5)9;2*1-6-3-4-7(2)8(9)5-6;1-7-3-5-8(2)6-4-7;;;/h17-22H,3-16H2,1-2H3;3-4H,1-2H3;2*3-5H,1-2H3;3-6H,1-2H3;3*1H4. The van der Waals surface area contributed by atoms with Crippen LogP contribution in [0.4, 0.5) is 17.6 Å². The Labute approximate surface area is 373 Å². The zero-order chi connectivity index (χ0) is 42.8. The molecule has 7 rings (SSSR count). The molecule has 4 aromatic carbocycles. The van der Waals surface area contributed by atoms with Crippen LogP contribution in [-0.2, 0) is 0 Å². The number of halogens is 4. The van der Waals surface area contributed by atoms with Crippen LogP contribution in [-0.4, -0.2) is 0 Å². The van der Waals surface area contributed by atoms with E-state index in [9.17, 15) is 17.6 Å². The SMILES string of the molecule is C.C.C.CC1CCC(CC2CCC(CC3CCC(C)CC3)CC2)CC1.Cc1ccc(C)c(F)c1.Cc1ccc(C)c(F)c1.Cc1ccc(C)c(F)c1F.Cc1ccc(C)cc1. The van der Waals surface area contributed by atoms with Gasteiger partial charge in [-0.15, -0.1) is 0 Å². The summed E-state index contributed by atoms with van der Waals surface area (Å²) < 4.78 is 50.4. The summed E-state index contributed by atoms with van der Waals surface area (Å²) in [6.07, 6.45) is 21.7. The lowest BCUT2D eigenvalue weighted by Gasteiger charge is -2.35. The summed E-state index contributed by atoms with van der Waals surface area (Å²) in [5.74, 6) is 4.72. The van der Waals surface area contributed by atoms with E-state index in [2.05, 4.69) is 52.0 Å². The van der Waals surface area contributed by atoms with Crippen molar-refractivity contribution in [2.24, 2.45) is 35.5 Å². The highest BCUT2D eigenvalue weighted by molar-refractivity contribution is 5.24. The minimum atomic E-state index is -0.736. The van der Waals surface area contributed by atoms with Crippen LogP contribution in [0.25, 0.3) is 0 Å². The Morgan fingerprint density at radius 3 is 0.820 bits per heavy atom. The molecular formula is C57H88F4. The maximum atomic E-state index is 12.6. The summed E-state index contributed by atoms with van der Waals surface area (Å²) in [5, 5.41) is 0. The van der Waals surface area contributed by atoms with Crippen LogP contribution in [0.1, 0.15) is 171 Å². The monoisotopic (exact) mass is 849 g/mol. The number of rotatable bonds is 4. The van der Waals surface area contributed by atoms with E-state index >= 15 is 0 Å². The van der Waals surface area contributed by atoms with Crippen LogP contribution in [0.2, 0.25) is 0 Å². The van der Waals surface area contributed by atoms with Gasteiger partial charge in [0.25, 0.3) is 0 Å². The highest BCUT2D eigenvalue weighted by Crippen LogP contribution is 2.41. The molecule has 0 nitrogen and oxygen atoms in total. The van der Waals surface area contributed by atoms with Crippen molar-refractivity contribution in [3.8, 4) is 0 Å². The fraction of sp³-hybridized carbons (Fsp3) is 0.579. The van der Waals surface area contributed by atoms with Crippen molar-refractivity contribution in [3.05, 3.63) is 141 Å². The van der Waals surface area contributed by atoms with Crippen molar-refractivity contribution < 1.29 is 17.6 Å². The van der Waals surface area contributed by atoms with Gasteiger partial charge in [0.1, 0.15) is 11.6 Å². The van der Waals surface area contributed by atoms with Gasteiger partial charge in [-0.05, 0) is 149 Å². The first-order valence-corrected chi connectivity index (χ1v) is 22.4. The summed E-state index contributed by atoms with van der Waals surface area (Å²) in [5.41, 5.74) is 6.72. The van der Waals surface area contributed by atoms with Gasteiger partial charge in [0.05, 0.1) is 0 Å². The summed E-state index contributed by atoms with van der Waals surface area (Å²) in [6.45, 7) is 19.4. The molecule has 3 saturated carbocycles. The van der Waals surface area contributed by atoms with Gasteiger partial charge < -0.3 is 0 Å². The zero-order valence-electron chi connectivity index (χ0n) is 37.8. The van der Waals surface area contributed by atoms with Gasteiger partial charge in [0.15, 0.2) is 11.6 Å². The molecule has 61 heavy (non-hydrogen) atoms. The summed E-state index contributed by atoms with van der Waals surface area (Å²) in [4.78, 5) is 0. The molecule has 0 N–H and O–H groups in total. The lowest BCUT2D eigenvalue weighted by atomic mass is 9.70. The maximum absolute atomic E-state index is 12.6. The van der Waals surface area contributed by atoms with Crippen molar-refractivity contribution in [2.45, 2.75) is 181 Å². The van der Waals surface area contributed by atoms with Gasteiger partial charge in [0.2, 0.25) is 0 Å². The van der Waals surface area contributed by atoms with Crippen LogP contribution in [0, 0.1) is 114 Å². The van der Waals surface area contributed by atoms with Crippen LogP contribution in [0.15, 0.2) is 72.8 Å². The Hall–Kier alpha value is -3.40. The first-order chi connectivity index (χ1) is 27.5. The second kappa shape index (κ2) is 29.8. The third kappa shape index (κ3) is 22.0. The van der Waals surface area contributed by atoms with Crippen molar-refractivity contribution in [2.75, 3.05) is 0 Å². The Morgan fingerprint density at radius 2 is 0.574 bits per heavy atom. The first-order valence-electron chi connectivity index (χ1n) is 22.4. The smallest absolute Gasteiger partial charge is 0.161 e. The molecule has 0 aromatic heterocycles. The molecule has 0 bridgehead atoms. The fourth-order valence-electron chi connectivity index (χ4n) is 8.55. The minimum Gasteiger partial charge on any atom is -0.207 e. The molecule has 0 spiro atoms. The Morgan fingerprint density at radius 1 is 0.344 bits per heavy atom. The van der Waals surface area contributed by atoms with Gasteiger partial charge in [-0.2, -0.15) is 0 Å². The van der Waals surface area contributed by atoms with E-state index in [1.807, 2.05) is 26.0 Å². The maximum Gasteiger partial charge on any atom is 0.161 e. The van der Waals surface area contributed by atoms with Crippen LogP contribution >= 0.6 is 0 Å². The molecular weight excluding hydrogens is 761 g/mol. The summed E-state index contributed by atoms with van der Waals surface area (Å²) in [7, 11) is 0. The normalized spacial score (nSPS) is 21.5. The molecule has 0 radical (unpaired) electrons. The van der Waals surface area contributed by atoms with Gasteiger partial charge >= 0.3 is 0 Å². The Balaban J connectivity index is 0.000000785. The third-order valence-electron chi connectivity index (χ3n) is 12.9. The third-order valence-corrected chi connectivity index (χ3v) is 12.9. The highest BCUT2D eigenvalue weighted by Gasteiger charge is 2.28. The molecule has 0 unspecified atom stereocenters. The molecule has 3 fully saturated rings. The lowest BCUT2D eigenvalue weighted by molar-refractivity contribution is 0.168. The van der Waals surface area contributed by atoms with Crippen molar-refractivity contribution >= 4 is 0 Å². The van der Waals surface area contributed by atoms with Crippen molar-refractivity contribution in [3.63, 3.8) is 0 Å². The topological polar surface area (TPSA) is 0 Å². The van der Waals surface area contributed by atoms with Gasteiger partial charge in [-0.1, -0.05) is 185 Å². The molecule has 0 amide bonds. The molecule has 4 heteroatoms. The Kier molecular flexibility index (Phi) is 28.2. The lowest BCUT2D eigenvalue weighted by Crippen LogP contribution is -2.22. The molecule has 0 saturated heterocycles. The second-order valence-electron chi connectivity index (χ2n) is 18.6. The van der Waals surface area contributed by atoms with E-state index in [1.54, 1.807) is 102 Å². The minimum absolute atomic E-state index is 0. The van der Waals surface area contributed by atoms with E-state index in [4.69, 9.17) is 0 Å². The van der Waals surface area contributed by atoms with Crippen LogP contribution < -0.4 is 0 Å². The second-order valence-corrected chi connectivity index (χ2v) is 18.6. The van der Waals surface area contributed by atoms with E-state index in [0.29, 0.717) is 22.3 Å². The number of hydrogen-bond donors (Lipinski definition) is 0. The molecule has 0 aliphatic heterocycles. The van der Waals surface area contributed by atoms with Crippen molar-refractivity contribution in [1.29, 1.82) is 0 Å². The average molecular weight is 849 g/mol. The predicted molar refractivity (Wildman–Crippen MR) is 261 cm³/mol. The highest BCUT2D eigenvalue weighted by atomic mass is 19.2. The number of aryl methyl sites for hydroxylation is 8.